The van der Waals surface area contributed by atoms with E-state index in [4.69, 9.17) is 16.3 Å². The number of halogens is 1. The van der Waals surface area contributed by atoms with E-state index in [2.05, 4.69) is 5.29 Å². The largest absolute Gasteiger partial charge is 0.394 e. The molecule has 0 spiro atoms. The Morgan fingerprint density at radius 3 is 2.35 bits per heavy atom. The third kappa shape index (κ3) is 4.49. The van der Waals surface area contributed by atoms with Crippen LogP contribution in [0, 0.1) is 4.91 Å². The number of nitroso groups, excluding NO2 is 1. The van der Waals surface area contributed by atoms with Gasteiger partial charge in [-0.15, -0.1) is 16.5 Å². The number of rotatable bonds is 7. The Balaban J connectivity index is 3.02. The second-order valence-corrected chi connectivity index (χ2v) is 5.47. The number of carbonyl (C=O) groups excluding carboxylic acids is 1. The van der Waals surface area contributed by atoms with Crippen LogP contribution in [0.1, 0.15) is 13.3 Å². The van der Waals surface area contributed by atoms with Gasteiger partial charge in [0.25, 0.3) is 0 Å². The van der Waals surface area contributed by atoms with Crippen LogP contribution in [-0.4, -0.2) is 92.6 Å². The SMILES string of the molecule is CCCN(C(=O)N(CCCl)N=O)[C@@H]1O[C@H](CO)[C@H](O)[C@H](O)[C@H]1O. The van der Waals surface area contributed by atoms with Crippen LogP contribution < -0.4 is 0 Å². The molecule has 2 amide bonds. The maximum absolute atomic E-state index is 12.4. The van der Waals surface area contributed by atoms with Gasteiger partial charge < -0.3 is 25.2 Å². The standard InChI is InChI=1S/C12H22ClN3O7/c1-2-4-15(12(21)16(14-22)5-3-13)11-10(20)9(19)8(18)7(6-17)23-11/h7-11,17-20H,2-6H2,1H3/t7-,8+,9+,10-,11-/m1/s1. The average Bonchev–Trinajstić information content (AvgIpc) is 2.55. The summed E-state index contributed by atoms with van der Waals surface area (Å²) in [5.41, 5.74) is 0. The van der Waals surface area contributed by atoms with Crippen LogP contribution in [0.5, 0.6) is 0 Å². The topological polar surface area (TPSA) is 143 Å². The van der Waals surface area contributed by atoms with Gasteiger partial charge in [0.2, 0.25) is 0 Å². The summed E-state index contributed by atoms with van der Waals surface area (Å²) < 4.78 is 5.33. The van der Waals surface area contributed by atoms with Crippen molar-refractivity contribution in [3.63, 3.8) is 0 Å². The number of aliphatic hydroxyl groups is 4. The van der Waals surface area contributed by atoms with E-state index in [0.717, 1.165) is 4.90 Å². The Kier molecular flexibility index (Phi) is 8.09. The molecule has 4 N–H and O–H groups in total. The number of carbonyl (C=O) groups is 1. The molecule has 1 aliphatic heterocycles. The van der Waals surface area contributed by atoms with Crippen molar-refractivity contribution in [2.75, 3.05) is 25.6 Å². The molecule has 23 heavy (non-hydrogen) atoms. The molecular weight excluding hydrogens is 334 g/mol. The van der Waals surface area contributed by atoms with Gasteiger partial charge in [-0.05, 0) is 6.42 Å². The zero-order chi connectivity index (χ0) is 17.6. The van der Waals surface area contributed by atoms with Crippen LogP contribution in [0.25, 0.3) is 0 Å². The summed E-state index contributed by atoms with van der Waals surface area (Å²) in [5.74, 6) is -0.0217. The molecule has 0 unspecified atom stereocenters. The summed E-state index contributed by atoms with van der Waals surface area (Å²) in [5, 5.41) is 42.0. The molecule has 1 aliphatic rings. The summed E-state index contributed by atoms with van der Waals surface area (Å²) in [4.78, 5) is 24.2. The van der Waals surface area contributed by atoms with Crippen LogP contribution in [-0.2, 0) is 4.74 Å². The zero-order valence-electron chi connectivity index (χ0n) is 12.7. The number of amides is 2. The highest BCUT2D eigenvalue weighted by Crippen LogP contribution is 2.24. The molecule has 5 atom stereocenters. The Hall–Kier alpha value is -1.04. The number of hydrogen-bond acceptors (Lipinski definition) is 8. The van der Waals surface area contributed by atoms with Gasteiger partial charge >= 0.3 is 6.03 Å². The molecule has 0 aromatic rings. The smallest absolute Gasteiger partial charge is 0.345 e. The summed E-state index contributed by atoms with van der Waals surface area (Å²) in [6.07, 6.45) is -6.81. The molecule has 10 nitrogen and oxygen atoms in total. The normalized spacial score (nSPS) is 30.8. The van der Waals surface area contributed by atoms with Crippen molar-refractivity contribution < 1.29 is 30.0 Å². The van der Waals surface area contributed by atoms with Crippen LogP contribution in [0.4, 0.5) is 4.79 Å². The van der Waals surface area contributed by atoms with Crippen LogP contribution in [0.2, 0.25) is 0 Å². The highest BCUT2D eigenvalue weighted by atomic mass is 35.5. The fraction of sp³-hybridized carbons (Fsp3) is 0.917. The first kappa shape index (κ1) is 20.0. The van der Waals surface area contributed by atoms with Gasteiger partial charge in [0.05, 0.1) is 18.4 Å². The fourth-order valence-electron chi connectivity index (χ4n) is 2.31. The third-order valence-corrected chi connectivity index (χ3v) is 3.67. The predicted octanol–water partition coefficient (Wildman–Crippen LogP) is -1.16. The van der Waals surface area contributed by atoms with Crippen molar-refractivity contribution >= 4 is 17.6 Å². The molecule has 1 rings (SSSR count). The molecule has 1 saturated heterocycles. The lowest BCUT2D eigenvalue weighted by molar-refractivity contribution is -0.258. The highest BCUT2D eigenvalue weighted by Gasteiger charge is 2.47. The minimum absolute atomic E-state index is 0.0217. The average molecular weight is 356 g/mol. The first-order chi connectivity index (χ1) is 10.9. The maximum Gasteiger partial charge on any atom is 0.345 e. The Labute approximate surface area is 138 Å². The van der Waals surface area contributed by atoms with Crippen molar-refractivity contribution in [2.45, 2.75) is 44.0 Å². The quantitative estimate of drug-likeness (QED) is 0.256. The molecule has 0 saturated carbocycles. The monoisotopic (exact) mass is 355 g/mol. The molecule has 11 heteroatoms. The maximum atomic E-state index is 12.4. The molecule has 0 aliphatic carbocycles. The van der Waals surface area contributed by atoms with E-state index in [1.165, 1.54) is 0 Å². The van der Waals surface area contributed by atoms with Gasteiger partial charge in [-0.1, -0.05) is 6.92 Å². The van der Waals surface area contributed by atoms with Crippen molar-refractivity contribution in [1.29, 1.82) is 0 Å². The van der Waals surface area contributed by atoms with Crippen LogP contribution in [0.15, 0.2) is 5.29 Å². The van der Waals surface area contributed by atoms with E-state index < -0.39 is 43.3 Å². The minimum Gasteiger partial charge on any atom is -0.394 e. The number of urea groups is 1. The summed E-state index contributed by atoms with van der Waals surface area (Å²) in [6, 6.07) is -0.855. The second kappa shape index (κ2) is 9.30. The van der Waals surface area contributed by atoms with Crippen LogP contribution >= 0.6 is 11.6 Å². The highest BCUT2D eigenvalue weighted by molar-refractivity contribution is 6.18. The number of hydrogen-bond donors (Lipinski definition) is 4. The molecule has 0 radical (unpaired) electrons. The first-order valence-corrected chi connectivity index (χ1v) is 7.74. The van der Waals surface area contributed by atoms with Gasteiger partial charge in [0, 0.05) is 12.4 Å². The van der Waals surface area contributed by atoms with E-state index in [1.54, 1.807) is 6.92 Å². The van der Waals surface area contributed by atoms with Crippen molar-refractivity contribution in [2.24, 2.45) is 5.29 Å². The Morgan fingerprint density at radius 2 is 1.87 bits per heavy atom. The third-order valence-electron chi connectivity index (χ3n) is 3.50. The summed E-state index contributed by atoms with van der Waals surface area (Å²) in [6.45, 7) is 1.09. The van der Waals surface area contributed by atoms with E-state index >= 15 is 0 Å². The zero-order valence-corrected chi connectivity index (χ0v) is 13.4. The van der Waals surface area contributed by atoms with Gasteiger partial charge in [-0.3, -0.25) is 4.90 Å². The summed E-state index contributed by atoms with van der Waals surface area (Å²) >= 11 is 5.51. The fourth-order valence-corrected chi connectivity index (χ4v) is 2.47. The number of alkyl halides is 1. The number of aliphatic hydroxyl groups excluding tert-OH is 4. The van der Waals surface area contributed by atoms with E-state index in [0.29, 0.717) is 11.4 Å². The molecule has 134 valence electrons. The lowest BCUT2D eigenvalue weighted by Gasteiger charge is -2.44. The van der Waals surface area contributed by atoms with Crippen molar-refractivity contribution in [3.05, 3.63) is 4.91 Å². The van der Waals surface area contributed by atoms with Gasteiger partial charge in [-0.25, -0.2) is 4.79 Å². The molecule has 1 fully saturated rings. The second-order valence-electron chi connectivity index (χ2n) is 5.09. The van der Waals surface area contributed by atoms with E-state index in [9.17, 15) is 30.1 Å². The molecule has 0 aromatic heterocycles. The minimum atomic E-state index is -1.62. The van der Waals surface area contributed by atoms with Crippen LogP contribution in [0.3, 0.4) is 0 Å². The Bertz CT molecular complexity index is 401. The number of ether oxygens (including phenoxy) is 1. The van der Waals surface area contributed by atoms with Gasteiger partial charge in [0.1, 0.15) is 24.4 Å². The van der Waals surface area contributed by atoms with Crippen molar-refractivity contribution in [3.8, 4) is 0 Å². The summed E-state index contributed by atoms with van der Waals surface area (Å²) in [7, 11) is 0. The molecule has 1 heterocycles. The first-order valence-electron chi connectivity index (χ1n) is 7.20. The number of nitrogens with zero attached hydrogens (tertiary/aromatic N) is 3. The van der Waals surface area contributed by atoms with E-state index in [1.807, 2.05) is 0 Å². The molecule has 0 bridgehead atoms. The predicted molar refractivity (Wildman–Crippen MR) is 79.4 cm³/mol. The lowest BCUT2D eigenvalue weighted by Crippen LogP contribution is -2.65. The van der Waals surface area contributed by atoms with Gasteiger partial charge in [-0.2, -0.15) is 5.01 Å². The molecular formula is C12H22ClN3O7. The molecule has 0 aromatic carbocycles. The van der Waals surface area contributed by atoms with Gasteiger partial charge in [0.15, 0.2) is 6.23 Å². The lowest BCUT2D eigenvalue weighted by atomic mass is 9.98. The van der Waals surface area contributed by atoms with Crippen molar-refractivity contribution in [1.82, 2.24) is 9.91 Å². The Morgan fingerprint density at radius 1 is 1.22 bits per heavy atom. The van der Waals surface area contributed by atoms with E-state index in [-0.39, 0.29) is 19.0 Å².